The summed E-state index contributed by atoms with van der Waals surface area (Å²) in [6.07, 6.45) is 6.48. The molecule has 0 atom stereocenters. The van der Waals surface area contributed by atoms with Gasteiger partial charge in [0.15, 0.2) is 0 Å². The van der Waals surface area contributed by atoms with Crippen molar-refractivity contribution >= 4 is 27.9 Å². The van der Waals surface area contributed by atoms with Gasteiger partial charge < -0.3 is 10.0 Å². The highest BCUT2D eigenvalue weighted by Crippen LogP contribution is 2.28. The van der Waals surface area contributed by atoms with Crippen LogP contribution in [-0.4, -0.2) is 57.3 Å². The van der Waals surface area contributed by atoms with E-state index in [-0.39, 0.29) is 18.7 Å². The van der Waals surface area contributed by atoms with E-state index in [1.807, 2.05) is 29.5 Å². The number of fused-ring (bicyclic) bond motifs is 2. The highest BCUT2D eigenvalue weighted by molar-refractivity contribution is 7.11. The molecular weight excluding hydrogens is 398 g/mol. The van der Waals surface area contributed by atoms with Crippen molar-refractivity contribution in [3.8, 4) is 0 Å². The molecule has 0 amide bonds. The zero-order chi connectivity index (χ0) is 20.5. The normalized spacial score (nSPS) is 17.4. The molecule has 1 aliphatic carbocycles. The third-order valence-corrected chi connectivity index (χ3v) is 7.28. The summed E-state index contributed by atoms with van der Waals surface area (Å²) in [7, 11) is 0. The van der Waals surface area contributed by atoms with Gasteiger partial charge in [-0.3, -0.25) is 14.3 Å². The molecule has 2 aromatic heterocycles. The Morgan fingerprint density at radius 1 is 1.10 bits per heavy atom. The minimum Gasteiger partial charge on any atom is -0.395 e. The molecule has 0 unspecified atom stereocenters. The van der Waals surface area contributed by atoms with E-state index in [1.54, 1.807) is 0 Å². The van der Waals surface area contributed by atoms with Gasteiger partial charge in [0.2, 0.25) is 0 Å². The van der Waals surface area contributed by atoms with E-state index in [1.165, 1.54) is 45.7 Å². The number of hydrogen-bond acceptors (Lipinski definition) is 7. The predicted octanol–water partition coefficient (Wildman–Crippen LogP) is 2.05. The molecule has 2 aliphatic rings. The maximum atomic E-state index is 12.5. The Kier molecular flexibility index (Phi) is 5.54. The summed E-state index contributed by atoms with van der Waals surface area (Å²) in [6, 6.07) is 5.88. The van der Waals surface area contributed by atoms with Crippen molar-refractivity contribution in [2.45, 2.75) is 38.8 Å². The molecule has 30 heavy (non-hydrogen) atoms. The number of aromatic nitrogens is 3. The van der Waals surface area contributed by atoms with Gasteiger partial charge in [0.05, 0.1) is 42.6 Å². The van der Waals surface area contributed by atoms with Gasteiger partial charge in [0, 0.05) is 36.7 Å². The van der Waals surface area contributed by atoms with E-state index < -0.39 is 0 Å². The van der Waals surface area contributed by atoms with Gasteiger partial charge >= 0.3 is 0 Å². The van der Waals surface area contributed by atoms with E-state index in [4.69, 9.17) is 10.1 Å². The highest BCUT2D eigenvalue weighted by atomic mass is 32.1. The molecule has 5 rings (SSSR count). The quantitative estimate of drug-likeness (QED) is 0.674. The largest absolute Gasteiger partial charge is 0.395 e. The Balaban J connectivity index is 1.25. The maximum absolute atomic E-state index is 12.5. The zero-order valence-electron chi connectivity index (χ0n) is 17.1. The van der Waals surface area contributed by atoms with E-state index >= 15 is 0 Å². The van der Waals surface area contributed by atoms with Crippen LogP contribution < -0.4 is 10.5 Å². The molecule has 0 spiro atoms. The molecular formula is C22H27N5O2S. The van der Waals surface area contributed by atoms with Gasteiger partial charge in [0.1, 0.15) is 5.01 Å². The molecule has 1 aromatic carbocycles. The standard InChI is InChI=1S/C22H27N5O2S/c28-12-11-27-15-23-19-13-16(5-6-17(19)22(27)29)26-9-7-25(8-10-26)14-21-24-18-3-1-2-4-20(18)30-21/h5-6,13,15,28H,1-4,7-12,14H2. The van der Waals surface area contributed by atoms with Crippen molar-refractivity contribution in [2.75, 3.05) is 37.7 Å². The minimum atomic E-state index is -0.100. The summed E-state index contributed by atoms with van der Waals surface area (Å²) >= 11 is 1.91. The first kappa shape index (κ1) is 19.7. The third-order valence-electron chi connectivity index (χ3n) is 6.14. The number of benzene rings is 1. The molecule has 3 aromatic rings. The van der Waals surface area contributed by atoms with Crippen LogP contribution in [0.4, 0.5) is 5.69 Å². The molecule has 7 nitrogen and oxygen atoms in total. The number of aliphatic hydroxyl groups excluding tert-OH is 1. The number of rotatable bonds is 5. The average molecular weight is 426 g/mol. The number of nitrogens with zero attached hydrogens (tertiary/aromatic N) is 5. The first-order chi connectivity index (χ1) is 14.7. The summed E-state index contributed by atoms with van der Waals surface area (Å²) in [5.41, 5.74) is 3.07. The molecule has 0 radical (unpaired) electrons. The van der Waals surface area contributed by atoms with Crippen LogP contribution in [0, 0.1) is 0 Å². The van der Waals surface area contributed by atoms with Crippen molar-refractivity contribution < 1.29 is 5.11 Å². The van der Waals surface area contributed by atoms with Gasteiger partial charge in [0.25, 0.3) is 5.56 Å². The van der Waals surface area contributed by atoms with Crippen molar-refractivity contribution in [3.05, 3.63) is 50.5 Å². The Bertz CT molecular complexity index is 1080. The lowest BCUT2D eigenvalue weighted by molar-refractivity contribution is 0.249. The number of anilines is 1. The zero-order valence-corrected chi connectivity index (χ0v) is 17.9. The maximum Gasteiger partial charge on any atom is 0.261 e. The fourth-order valence-electron chi connectivity index (χ4n) is 4.44. The lowest BCUT2D eigenvalue weighted by Crippen LogP contribution is -2.46. The highest BCUT2D eigenvalue weighted by Gasteiger charge is 2.21. The first-order valence-corrected chi connectivity index (χ1v) is 11.6. The van der Waals surface area contributed by atoms with E-state index in [0.717, 1.165) is 44.8 Å². The Hall–Kier alpha value is -2.29. The average Bonchev–Trinajstić information content (AvgIpc) is 3.18. The van der Waals surface area contributed by atoms with Crippen LogP contribution in [0.1, 0.15) is 28.4 Å². The lowest BCUT2D eigenvalue weighted by atomic mass is 10.0. The van der Waals surface area contributed by atoms with Crippen LogP contribution in [0.15, 0.2) is 29.3 Å². The van der Waals surface area contributed by atoms with Crippen LogP contribution >= 0.6 is 11.3 Å². The molecule has 1 N–H and O–H groups in total. The van der Waals surface area contributed by atoms with Crippen LogP contribution in [0.25, 0.3) is 10.9 Å². The number of aliphatic hydroxyl groups is 1. The van der Waals surface area contributed by atoms with Crippen molar-refractivity contribution in [2.24, 2.45) is 0 Å². The summed E-state index contributed by atoms with van der Waals surface area (Å²) in [4.78, 5) is 28.2. The topological polar surface area (TPSA) is 74.5 Å². The molecule has 1 fully saturated rings. The van der Waals surface area contributed by atoms with Crippen LogP contribution in [0.2, 0.25) is 0 Å². The first-order valence-electron chi connectivity index (χ1n) is 10.8. The molecule has 1 saturated heterocycles. The molecule has 0 saturated carbocycles. The third kappa shape index (κ3) is 3.87. The fraction of sp³-hybridized carbons (Fsp3) is 0.500. The van der Waals surface area contributed by atoms with Crippen LogP contribution in [-0.2, 0) is 25.9 Å². The summed E-state index contributed by atoms with van der Waals surface area (Å²) < 4.78 is 1.46. The number of hydrogen-bond donors (Lipinski definition) is 1. The van der Waals surface area contributed by atoms with E-state index in [0.29, 0.717) is 10.9 Å². The van der Waals surface area contributed by atoms with Crippen molar-refractivity contribution in [1.82, 2.24) is 19.4 Å². The molecule has 1 aliphatic heterocycles. The minimum absolute atomic E-state index is 0.0704. The van der Waals surface area contributed by atoms with Gasteiger partial charge in [-0.25, -0.2) is 9.97 Å². The second kappa shape index (κ2) is 8.45. The van der Waals surface area contributed by atoms with Gasteiger partial charge in [-0.15, -0.1) is 11.3 Å². The van der Waals surface area contributed by atoms with Gasteiger partial charge in [-0.1, -0.05) is 0 Å². The van der Waals surface area contributed by atoms with Gasteiger partial charge in [-0.2, -0.15) is 0 Å². The van der Waals surface area contributed by atoms with Crippen molar-refractivity contribution in [1.29, 1.82) is 0 Å². The number of piperazine rings is 1. The molecule has 3 heterocycles. The van der Waals surface area contributed by atoms with E-state index in [9.17, 15) is 4.79 Å². The molecule has 158 valence electrons. The Labute approximate surface area is 179 Å². The van der Waals surface area contributed by atoms with Crippen LogP contribution in [0.5, 0.6) is 0 Å². The number of aryl methyl sites for hydroxylation is 2. The summed E-state index contributed by atoms with van der Waals surface area (Å²) in [6.45, 7) is 5.08. The second-order valence-corrected chi connectivity index (χ2v) is 9.28. The second-order valence-electron chi connectivity index (χ2n) is 8.12. The SMILES string of the molecule is O=c1c2ccc(N3CCN(Cc4nc5c(s4)CCCC5)CC3)cc2ncn1CCO. The van der Waals surface area contributed by atoms with E-state index in [2.05, 4.69) is 14.8 Å². The smallest absolute Gasteiger partial charge is 0.261 e. The fourth-order valence-corrected chi connectivity index (χ4v) is 5.64. The Morgan fingerprint density at radius 3 is 2.73 bits per heavy atom. The monoisotopic (exact) mass is 425 g/mol. The van der Waals surface area contributed by atoms with Gasteiger partial charge in [-0.05, 0) is 43.9 Å². The van der Waals surface area contributed by atoms with Crippen LogP contribution in [0.3, 0.4) is 0 Å². The summed E-state index contributed by atoms with van der Waals surface area (Å²) in [5, 5.41) is 11.0. The molecule has 8 heteroatoms. The molecule has 0 bridgehead atoms. The summed E-state index contributed by atoms with van der Waals surface area (Å²) in [5.74, 6) is 0. The van der Waals surface area contributed by atoms with Crippen molar-refractivity contribution in [3.63, 3.8) is 0 Å². The number of thiazole rings is 1. The lowest BCUT2D eigenvalue weighted by Gasteiger charge is -2.35. The Morgan fingerprint density at radius 2 is 1.93 bits per heavy atom. The predicted molar refractivity (Wildman–Crippen MR) is 119 cm³/mol.